The third kappa shape index (κ3) is 2.75. The van der Waals surface area contributed by atoms with Gasteiger partial charge in [0.1, 0.15) is 6.54 Å². The van der Waals surface area contributed by atoms with Crippen molar-refractivity contribution in [1.82, 2.24) is 14.8 Å². The summed E-state index contributed by atoms with van der Waals surface area (Å²) in [6.45, 7) is 8.55. The van der Waals surface area contributed by atoms with Crippen LogP contribution in [0.2, 0.25) is 0 Å². The molecule has 1 N–H and O–H groups in total. The molecule has 2 heterocycles. The zero-order chi connectivity index (χ0) is 15.9. The Labute approximate surface area is 132 Å². The molecular weight excluding hydrogens is 274 g/mol. The monoisotopic (exact) mass is 299 g/mol. The van der Waals surface area contributed by atoms with Gasteiger partial charge in [0.05, 0.1) is 0 Å². The summed E-state index contributed by atoms with van der Waals surface area (Å²) < 4.78 is 2.22. The van der Waals surface area contributed by atoms with Crippen LogP contribution in [0.15, 0.2) is 18.2 Å². The van der Waals surface area contributed by atoms with E-state index in [2.05, 4.69) is 47.0 Å². The van der Waals surface area contributed by atoms with Gasteiger partial charge in [0, 0.05) is 42.1 Å². The molecule has 4 heteroatoms. The number of likely N-dealkylation sites (N-methyl/N-ethyl adjacent to an activating group) is 1. The summed E-state index contributed by atoms with van der Waals surface area (Å²) in [7, 11) is 2.16. The second kappa shape index (κ2) is 5.76. The van der Waals surface area contributed by atoms with Crippen LogP contribution in [0.5, 0.6) is 0 Å². The minimum Gasteiger partial charge on any atom is -0.352 e. The van der Waals surface area contributed by atoms with E-state index in [4.69, 9.17) is 0 Å². The molecule has 0 saturated carbocycles. The summed E-state index contributed by atoms with van der Waals surface area (Å²) in [6, 6.07) is 6.72. The van der Waals surface area contributed by atoms with Gasteiger partial charge in [-0.2, -0.15) is 0 Å². The van der Waals surface area contributed by atoms with Crippen molar-refractivity contribution in [3.8, 4) is 0 Å². The van der Waals surface area contributed by atoms with E-state index < -0.39 is 0 Å². The zero-order valence-corrected chi connectivity index (χ0v) is 13.9. The van der Waals surface area contributed by atoms with Crippen LogP contribution in [0.1, 0.15) is 30.7 Å². The number of benzene rings is 1. The first-order chi connectivity index (χ1) is 10.5. The molecule has 0 fully saturated rings. The van der Waals surface area contributed by atoms with Gasteiger partial charge in [0.25, 0.3) is 0 Å². The highest BCUT2D eigenvalue weighted by molar-refractivity contribution is 5.88. The summed E-state index contributed by atoms with van der Waals surface area (Å²) in [5.41, 5.74) is 5.18. The molecule has 0 bridgehead atoms. The van der Waals surface area contributed by atoms with Crippen molar-refractivity contribution in [3.63, 3.8) is 0 Å². The summed E-state index contributed by atoms with van der Waals surface area (Å²) in [5.74, 6) is 0.0919. The number of carbonyl (C=O) groups excluding carboxylic acids is 1. The van der Waals surface area contributed by atoms with Crippen LogP contribution in [0, 0.1) is 6.92 Å². The quantitative estimate of drug-likeness (QED) is 0.945. The molecule has 3 rings (SSSR count). The Morgan fingerprint density at radius 3 is 2.86 bits per heavy atom. The van der Waals surface area contributed by atoms with Crippen molar-refractivity contribution in [1.29, 1.82) is 0 Å². The number of fused-ring (bicyclic) bond motifs is 3. The topological polar surface area (TPSA) is 37.3 Å². The Hall–Kier alpha value is -1.81. The molecule has 118 valence electrons. The van der Waals surface area contributed by atoms with E-state index in [0.717, 1.165) is 19.5 Å². The molecule has 0 saturated heterocycles. The molecule has 4 nitrogen and oxygen atoms in total. The van der Waals surface area contributed by atoms with Gasteiger partial charge in [-0.25, -0.2) is 0 Å². The standard InChI is InChI=1S/C18H25N3O/c1-12(2)19-18(22)11-21-16-6-5-13(3)9-14(16)15-10-20(4)8-7-17(15)21/h5-6,9,12H,7-8,10-11H2,1-4H3,(H,19,22). The van der Waals surface area contributed by atoms with Crippen LogP contribution in [-0.4, -0.2) is 35.0 Å². The Bertz CT molecular complexity index is 715. The molecule has 0 radical (unpaired) electrons. The summed E-state index contributed by atoms with van der Waals surface area (Å²) in [4.78, 5) is 14.6. The molecule has 1 aromatic heterocycles. The first-order valence-corrected chi connectivity index (χ1v) is 8.04. The van der Waals surface area contributed by atoms with E-state index in [-0.39, 0.29) is 11.9 Å². The van der Waals surface area contributed by atoms with Gasteiger partial charge in [0.15, 0.2) is 0 Å². The number of nitrogens with zero attached hydrogens (tertiary/aromatic N) is 2. The van der Waals surface area contributed by atoms with Crippen molar-refractivity contribution in [2.45, 2.75) is 46.3 Å². The molecule has 0 unspecified atom stereocenters. The Balaban J connectivity index is 2.07. The third-order valence-electron chi connectivity index (χ3n) is 4.35. The fourth-order valence-corrected chi connectivity index (χ4v) is 3.39. The first kappa shape index (κ1) is 15.1. The second-order valence-electron chi connectivity index (χ2n) is 6.74. The van der Waals surface area contributed by atoms with Gasteiger partial charge < -0.3 is 14.8 Å². The molecular formula is C18H25N3O. The van der Waals surface area contributed by atoms with Gasteiger partial charge in [-0.3, -0.25) is 4.79 Å². The first-order valence-electron chi connectivity index (χ1n) is 8.04. The molecule has 0 atom stereocenters. The Morgan fingerprint density at radius 1 is 1.36 bits per heavy atom. The number of aromatic nitrogens is 1. The van der Waals surface area contributed by atoms with Crippen LogP contribution in [0.25, 0.3) is 10.9 Å². The van der Waals surface area contributed by atoms with E-state index in [9.17, 15) is 4.79 Å². The minimum absolute atomic E-state index is 0.0919. The highest BCUT2D eigenvalue weighted by Gasteiger charge is 2.23. The number of rotatable bonds is 3. The molecule has 2 aromatic rings. The number of carbonyl (C=O) groups is 1. The second-order valence-corrected chi connectivity index (χ2v) is 6.74. The summed E-state index contributed by atoms with van der Waals surface area (Å²) in [5, 5.41) is 4.31. The number of amides is 1. The molecule has 22 heavy (non-hydrogen) atoms. The normalized spacial score (nSPS) is 15.3. The molecule has 0 spiro atoms. The van der Waals surface area contributed by atoms with E-state index in [1.54, 1.807) is 0 Å². The molecule has 1 aromatic carbocycles. The zero-order valence-electron chi connectivity index (χ0n) is 13.9. The maximum absolute atomic E-state index is 12.2. The smallest absolute Gasteiger partial charge is 0.240 e. The predicted molar refractivity (Wildman–Crippen MR) is 90.0 cm³/mol. The van der Waals surface area contributed by atoms with Crippen LogP contribution in [0.4, 0.5) is 0 Å². The predicted octanol–water partition coefficient (Wildman–Crippen LogP) is 2.46. The van der Waals surface area contributed by atoms with Gasteiger partial charge in [-0.1, -0.05) is 11.6 Å². The number of nitrogens with one attached hydrogen (secondary N) is 1. The average molecular weight is 299 g/mol. The average Bonchev–Trinajstić information content (AvgIpc) is 2.71. The third-order valence-corrected chi connectivity index (χ3v) is 4.35. The number of aryl methyl sites for hydroxylation is 1. The Kier molecular flexibility index (Phi) is 3.96. The van der Waals surface area contributed by atoms with Crippen molar-refractivity contribution in [2.24, 2.45) is 0 Å². The highest BCUT2D eigenvalue weighted by Crippen LogP contribution is 2.31. The van der Waals surface area contributed by atoms with Gasteiger partial charge >= 0.3 is 0 Å². The molecule has 1 aliphatic heterocycles. The van der Waals surface area contributed by atoms with Crippen LogP contribution < -0.4 is 5.32 Å². The van der Waals surface area contributed by atoms with Gasteiger partial charge in [-0.05, 0) is 45.5 Å². The van der Waals surface area contributed by atoms with Crippen molar-refractivity contribution in [3.05, 3.63) is 35.0 Å². The lowest BCUT2D eigenvalue weighted by Gasteiger charge is -2.24. The van der Waals surface area contributed by atoms with Gasteiger partial charge in [-0.15, -0.1) is 0 Å². The summed E-state index contributed by atoms with van der Waals surface area (Å²) in [6.07, 6.45) is 1.01. The fraction of sp³-hybridized carbons (Fsp3) is 0.500. The number of hydrogen-bond acceptors (Lipinski definition) is 2. The molecule has 1 aliphatic rings. The number of hydrogen-bond donors (Lipinski definition) is 1. The molecule has 0 aliphatic carbocycles. The van der Waals surface area contributed by atoms with E-state index >= 15 is 0 Å². The highest BCUT2D eigenvalue weighted by atomic mass is 16.2. The molecule has 1 amide bonds. The van der Waals surface area contributed by atoms with Crippen LogP contribution >= 0.6 is 0 Å². The maximum atomic E-state index is 12.2. The van der Waals surface area contributed by atoms with Crippen LogP contribution in [0.3, 0.4) is 0 Å². The lowest BCUT2D eigenvalue weighted by Crippen LogP contribution is -2.34. The largest absolute Gasteiger partial charge is 0.352 e. The fourth-order valence-electron chi connectivity index (χ4n) is 3.39. The van der Waals surface area contributed by atoms with Crippen molar-refractivity contribution in [2.75, 3.05) is 13.6 Å². The van der Waals surface area contributed by atoms with E-state index in [1.165, 1.54) is 27.7 Å². The summed E-state index contributed by atoms with van der Waals surface area (Å²) >= 11 is 0. The van der Waals surface area contributed by atoms with Gasteiger partial charge in [0.2, 0.25) is 5.91 Å². The lowest BCUT2D eigenvalue weighted by atomic mass is 10.0. The van der Waals surface area contributed by atoms with Crippen molar-refractivity contribution >= 4 is 16.8 Å². The maximum Gasteiger partial charge on any atom is 0.240 e. The lowest BCUT2D eigenvalue weighted by molar-refractivity contribution is -0.122. The Morgan fingerprint density at radius 2 is 2.14 bits per heavy atom. The SMILES string of the molecule is Cc1ccc2c(c1)c1c(n2CC(=O)NC(C)C)CCN(C)C1. The van der Waals surface area contributed by atoms with Crippen molar-refractivity contribution < 1.29 is 4.79 Å². The van der Waals surface area contributed by atoms with Crippen LogP contribution in [-0.2, 0) is 24.3 Å². The minimum atomic E-state index is 0.0919. The van der Waals surface area contributed by atoms with E-state index in [1.807, 2.05) is 13.8 Å². The van der Waals surface area contributed by atoms with E-state index in [0.29, 0.717) is 6.54 Å².